The number of hydrogen-bond acceptors (Lipinski definition) is 2. The maximum Gasteiger partial charge on any atom is 0.191 e. The second-order valence-corrected chi connectivity index (χ2v) is 6.49. The molecule has 2 aromatic rings. The zero-order valence-corrected chi connectivity index (χ0v) is 18.8. The smallest absolute Gasteiger partial charge is 0.191 e. The SMILES string of the molecule is CCNC(=NCCCCn1ccnc1C)NC(C)c1ccc(Cl)cc1.I. The van der Waals surface area contributed by atoms with Gasteiger partial charge in [0.15, 0.2) is 5.96 Å². The van der Waals surface area contributed by atoms with Crippen molar-refractivity contribution >= 4 is 41.5 Å². The van der Waals surface area contributed by atoms with Crippen molar-refractivity contribution in [2.75, 3.05) is 13.1 Å². The molecule has 26 heavy (non-hydrogen) atoms. The number of rotatable bonds is 8. The van der Waals surface area contributed by atoms with Crippen LogP contribution in [0.5, 0.6) is 0 Å². The van der Waals surface area contributed by atoms with Crippen molar-refractivity contribution in [2.24, 2.45) is 4.99 Å². The number of nitrogens with one attached hydrogen (secondary N) is 2. The first kappa shape index (κ1) is 22.8. The van der Waals surface area contributed by atoms with Gasteiger partial charge in [0.2, 0.25) is 0 Å². The van der Waals surface area contributed by atoms with Crippen molar-refractivity contribution in [1.82, 2.24) is 20.2 Å². The number of benzene rings is 1. The number of aliphatic imine (C=N–C) groups is 1. The van der Waals surface area contributed by atoms with E-state index in [0.717, 1.165) is 49.3 Å². The van der Waals surface area contributed by atoms with Crippen LogP contribution in [-0.4, -0.2) is 28.6 Å². The van der Waals surface area contributed by atoms with E-state index in [1.165, 1.54) is 5.56 Å². The van der Waals surface area contributed by atoms with E-state index in [2.05, 4.69) is 39.0 Å². The summed E-state index contributed by atoms with van der Waals surface area (Å²) in [6.07, 6.45) is 6.01. The number of nitrogens with zero attached hydrogens (tertiary/aromatic N) is 3. The molecule has 2 N–H and O–H groups in total. The van der Waals surface area contributed by atoms with Gasteiger partial charge in [0, 0.05) is 37.1 Å². The highest BCUT2D eigenvalue weighted by molar-refractivity contribution is 14.0. The molecule has 0 fully saturated rings. The van der Waals surface area contributed by atoms with Gasteiger partial charge in [-0.05, 0) is 51.3 Å². The van der Waals surface area contributed by atoms with Crippen molar-refractivity contribution in [2.45, 2.75) is 46.2 Å². The number of guanidine groups is 1. The van der Waals surface area contributed by atoms with Gasteiger partial charge in [-0.25, -0.2) is 4.98 Å². The second-order valence-electron chi connectivity index (χ2n) is 6.05. The van der Waals surface area contributed by atoms with Crippen LogP contribution in [-0.2, 0) is 6.54 Å². The molecule has 0 aliphatic carbocycles. The van der Waals surface area contributed by atoms with Crippen LogP contribution in [0.2, 0.25) is 5.02 Å². The lowest BCUT2D eigenvalue weighted by atomic mass is 10.1. The molecule has 1 atom stereocenters. The molecule has 1 heterocycles. The third kappa shape index (κ3) is 7.53. The molecule has 0 spiro atoms. The Morgan fingerprint density at radius 3 is 2.62 bits per heavy atom. The molecule has 0 radical (unpaired) electrons. The van der Waals surface area contributed by atoms with Crippen LogP contribution in [0, 0.1) is 6.92 Å². The molecule has 1 unspecified atom stereocenters. The summed E-state index contributed by atoms with van der Waals surface area (Å²) < 4.78 is 2.18. The zero-order valence-electron chi connectivity index (χ0n) is 15.7. The number of hydrogen-bond donors (Lipinski definition) is 2. The number of aromatic nitrogens is 2. The summed E-state index contributed by atoms with van der Waals surface area (Å²) in [5, 5.41) is 7.51. The molecule has 7 heteroatoms. The fraction of sp³-hybridized carbons (Fsp3) is 0.474. The summed E-state index contributed by atoms with van der Waals surface area (Å²) in [5.41, 5.74) is 1.19. The number of unbranched alkanes of at least 4 members (excludes halogenated alkanes) is 1. The number of aryl methyl sites for hydroxylation is 2. The molecule has 144 valence electrons. The Morgan fingerprint density at radius 1 is 1.27 bits per heavy atom. The minimum atomic E-state index is 0. The predicted molar refractivity (Wildman–Crippen MR) is 121 cm³/mol. The van der Waals surface area contributed by atoms with E-state index < -0.39 is 0 Å². The highest BCUT2D eigenvalue weighted by atomic mass is 127. The van der Waals surface area contributed by atoms with Gasteiger partial charge in [-0.15, -0.1) is 24.0 Å². The van der Waals surface area contributed by atoms with Crippen LogP contribution >= 0.6 is 35.6 Å². The first-order valence-electron chi connectivity index (χ1n) is 8.88. The Balaban J connectivity index is 0.00000338. The molecular formula is C19H29ClIN5. The quantitative estimate of drug-likeness (QED) is 0.247. The van der Waals surface area contributed by atoms with E-state index in [4.69, 9.17) is 11.6 Å². The fourth-order valence-corrected chi connectivity index (χ4v) is 2.71. The molecule has 1 aromatic carbocycles. The van der Waals surface area contributed by atoms with Crippen LogP contribution < -0.4 is 10.6 Å². The van der Waals surface area contributed by atoms with E-state index in [9.17, 15) is 0 Å². The Hall–Kier alpha value is -1.28. The first-order chi connectivity index (χ1) is 12.1. The lowest BCUT2D eigenvalue weighted by molar-refractivity contribution is 0.599. The van der Waals surface area contributed by atoms with Crippen molar-refractivity contribution in [1.29, 1.82) is 0 Å². The Kier molecular flexibility index (Phi) is 10.7. The lowest BCUT2D eigenvalue weighted by Crippen LogP contribution is -2.38. The molecule has 0 saturated heterocycles. The van der Waals surface area contributed by atoms with Crippen molar-refractivity contribution in [3.05, 3.63) is 53.1 Å². The average molecular weight is 490 g/mol. The summed E-state index contributed by atoms with van der Waals surface area (Å²) in [7, 11) is 0. The van der Waals surface area contributed by atoms with Crippen molar-refractivity contribution in [3.8, 4) is 0 Å². The highest BCUT2D eigenvalue weighted by Gasteiger charge is 2.07. The maximum atomic E-state index is 5.95. The molecule has 0 bridgehead atoms. The predicted octanol–water partition coefficient (Wildman–Crippen LogP) is 4.56. The van der Waals surface area contributed by atoms with Crippen LogP contribution in [0.4, 0.5) is 0 Å². The minimum Gasteiger partial charge on any atom is -0.357 e. The summed E-state index contributed by atoms with van der Waals surface area (Å²) in [5.74, 6) is 1.92. The van der Waals surface area contributed by atoms with Gasteiger partial charge in [-0.2, -0.15) is 0 Å². The van der Waals surface area contributed by atoms with E-state index in [1.807, 2.05) is 43.6 Å². The molecular weight excluding hydrogens is 461 g/mol. The third-order valence-electron chi connectivity index (χ3n) is 4.07. The Bertz CT molecular complexity index is 669. The Morgan fingerprint density at radius 2 is 2.00 bits per heavy atom. The van der Waals surface area contributed by atoms with Gasteiger partial charge in [0.25, 0.3) is 0 Å². The number of halogens is 2. The van der Waals surface area contributed by atoms with Gasteiger partial charge in [0.05, 0.1) is 6.04 Å². The lowest BCUT2D eigenvalue weighted by Gasteiger charge is -2.18. The van der Waals surface area contributed by atoms with Crippen LogP contribution in [0.15, 0.2) is 41.7 Å². The molecule has 5 nitrogen and oxygen atoms in total. The fourth-order valence-electron chi connectivity index (χ4n) is 2.58. The van der Waals surface area contributed by atoms with Gasteiger partial charge >= 0.3 is 0 Å². The second kappa shape index (κ2) is 12.2. The maximum absolute atomic E-state index is 5.95. The van der Waals surface area contributed by atoms with E-state index in [0.29, 0.717) is 0 Å². The largest absolute Gasteiger partial charge is 0.357 e. The van der Waals surface area contributed by atoms with Crippen LogP contribution in [0.3, 0.4) is 0 Å². The number of imidazole rings is 1. The average Bonchev–Trinajstić information content (AvgIpc) is 3.00. The van der Waals surface area contributed by atoms with Crippen LogP contribution in [0.25, 0.3) is 0 Å². The first-order valence-corrected chi connectivity index (χ1v) is 9.26. The molecule has 0 saturated carbocycles. The third-order valence-corrected chi connectivity index (χ3v) is 4.32. The van der Waals surface area contributed by atoms with Crippen LogP contribution in [0.1, 0.15) is 44.1 Å². The molecule has 0 amide bonds. The topological polar surface area (TPSA) is 54.2 Å². The minimum absolute atomic E-state index is 0. The highest BCUT2D eigenvalue weighted by Crippen LogP contribution is 2.15. The summed E-state index contributed by atoms with van der Waals surface area (Å²) in [6.45, 7) is 8.86. The van der Waals surface area contributed by atoms with Crippen molar-refractivity contribution < 1.29 is 0 Å². The summed E-state index contributed by atoms with van der Waals surface area (Å²) in [6, 6.07) is 8.08. The van der Waals surface area contributed by atoms with Gasteiger partial charge in [-0.1, -0.05) is 23.7 Å². The molecule has 0 aliphatic rings. The standard InChI is InChI=1S/C19H28ClN5.HI/c1-4-21-19(24-15(2)17-7-9-18(20)10-8-17)23-11-5-6-13-25-14-12-22-16(25)3;/h7-10,12,14-15H,4-6,11,13H2,1-3H3,(H2,21,23,24);1H. The zero-order chi connectivity index (χ0) is 18.1. The van der Waals surface area contributed by atoms with E-state index >= 15 is 0 Å². The Labute approximate surface area is 178 Å². The van der Waals surface area contributed by atoms with Gasteiger partial charge < -0.3 is 15.2 Å². The summed E-state index contributed by atoms with van der Waals surface area (Å²) >= 11 is 5.95. The monoisotopic (exact) mass is 489 g/mol. The van der Waals surface area contributed by atoms with Gasteiger partial charge in [-0.3, -0.25) is 4.99 Å². The van der Waals surface area contributed by atoms with Crippen molar-refractivity contribution in [3.63, 3.8) is 0 Å². The summed E-state index contributed by atoms with van der Waals surface area (Å²) in [4.78, 5) is 8.92. The molecule has 2 rings (SSSR count). The molecule has 1 aromatic heterocycles. The van der Waals surface area contributed by atoms with Gasteiger partial charge in [0.1, 0.15) is 5.82 Å². The van der Waals surface area contributed by atoms with E-state index in [-0.39, 0.29) is 30.0 Å². The normalized spacial score (nSPS) is 12.4. The molecule has 0 aliphatic heterocycles. The van der Waals surface area contributed by atoms with E-state index in [1.54, 1.807) is 0 Å².